The number of hydrogen-bond donors (Lipinski definition) is 0. The van der Waals surface area contributed by atoms with Gasteiger partial charge in [-0.15, -0.1) is 0 Å². The Balaban J connectivity index is 2.73. The molecule has 0 aliphatic carbocycles. The van der Waals surface area contributed by atoms with E-state index in [0.29, 0.717) is 19.5 Å². The third-order valence-corrected chi connectivity index (χ3v) is 3.34. The molecule has 20 heavy (non-hydrogen) atoms. The van der Waals surface area contributed by atoms with Gasteiger partial charge < -0.3 is 14.5 Å². The molecule has 1 unspecified atom stereocenters. The molecule has 7 heteroatoms. The number of amides is 2. The van der Waals surface area contributed by atoms with Crippen LogP contribution in [0.3, 0.4) is 0 Å². The summed E-state index contributed by atoms with van der Waals surface area (Å²) in [5.41, 5.74) is -1.11. The molecule has 0 aromatic heterocycles. The summed E-state index contributed by atoms with van der Waals surface area (Å²) in [4.78, 5) is 35.8. The van der Waals surface area contributed by atoms with Crippen molar-refractivity contribution in [2.24, 2.45) is 0 Å². The summed E-state index contributed by atoms with van der Waals surface area (Å²) < 4.78 is 5.34. The first-order valence-corrected chi connectivity index (χ1v) is 6.56. The molecule has 0 N–H and O–H groups in total. The van der Waals surface area contributed by atoms with Crippen LogP contribution in [0.1, 0.15) is 27.2 Å². The first kappa shape index (κ1) is 16.7. The highest BCUT2D eigenvalue weighted by Gasteiger charge is 2.44. The SMILES string of the molecule is COOCC1(N(C)C=O)CCN(C(=O)OC(C)(C)C)C1. The summed E-state index contributed by atoms with van der Waals surface area (Å²) in [6.07, 6.45) is 0.971. The second-order valence-corrected chi connectivity index (χ2v) is 6.02. The lowest BCUT2D eigenvalue weighted by molar-refractivity contribution is -0.287. The molecule has 7 nitrogen and oxygen atoms in total. The third kappa shape index (κ3) is 4.08. The number of hydrogen-bond acceptors (Lipinski definition) is 5. The first-order chi connectivity index (χ1) is 9.24. The Morgan fingerprint density at radius 2 is 2.10 bits per heavy atom. The van der Waals surface area contributed by atoms with Crippen molar-refractivity contribution in [2.45, 2.75) is 38.3 Å². The minimum atomic E-state index is -0.575. The molecule has 2 amide bonds. The molecule has 1 aliphatic heterocycles. The van der Waals surface area contributed by atoms with Gasteiger partial charge in [0.05, 0.1) is 12.6 Å². The van der Waals surface area contributed by atoms with Gasteiger partial charge in [0.25, 0.3) is 0 Å². The summed E-state index contributed by atoms with van der Waals surface area (Å²) in [6, 6.07) is 0. The lowest BCUT2D eigenvalue weighted by Crippen LogP contribution is -2.52. The van der Waals surface area contributed by atoms with Crippen molar-refractivity contribution in [3.05, 3.63) is 0 Å². The van der Waals surface area contributed by atoms with Crippen LogP contribution in [0, 0.1) is 0 Å². The number of carbonyl (C=O) groups excluding carboxylic acids is 2. The van der Waals surface area contributed by atoms with E-state index in [9.17, 15) is 9.59 Å². The van der Waals surface area contributed by atoms with E-state index >= 15 is 0 Å². The Labute approximate surface area is 119 Å². The topological polar surface area (TPSA) is 68.3 Å². The van der Waals surface area contributed by atoms with Crippen molar-refractivity contribution >= 4 is 12.5 Å². The van der Waals surface area contributed by atoms with E-state index < -0.39 is 11.1 Å². The number of likely N-dealkylation sites (N-methyl/N-ethyl adjacent to an activating group) is 1. The molecule has 0 bridgehead atoms. The highest BCUT2D eigenvalue weighted by atomic mass is 17.2. The Kier molecular flexibility index (Phi) is 5.35. The molecule has 0 aromatic rings. The zero-order chi connectivity index (χ0) is 15.4. The van der Waals surface area contributed by atoms with E-state index in [1.54, 1.807) is 11.9 Å². The molecule has 0 spiro atoms. The van der Waals surface area contributed by atoms with Crippen LogP contribution in [0.15, 0.2) is 0 Å². The molecule has 1 rings (SSSR count). The average Bonchev–Trinajstić information content (AvgIpc) is 2.79. The summed E-state index contributed by atoms with van der Waals surface area (Å²) >= 11 is 0. The minimum absolute atomic E-state index is 0.206. The van der Waals surface area contributed by atoms with Crippen molar-refractivity contribution in [3.63, 3.8) is 0 Å². The third-order valence-electron chi connectivity index (χ3n) is 3.34. The molecule has 1 atom stereocenters. The van der Waals surface area contributed by atoms with Crippen LogP contribution >= 0.6 is 0 Å². The quantitative estimate of drug-likeness (QED) is 0.429. The van der Waals surface area contributed by atoms with Crippen molar-refractivity contribution in [1.82, 2.24) is 9.80 Å². The van der Waals surface area contributed by atoms with Gasteiger partial charge in [-0.1, -0.05) is 0 Å². The molecule has 1 aliphatic rings. The van der Waals surface area contributed by atoms with Crippen molar-refractivity contribution in [3.8, 4) is 0 Å². The van der Waals surface area contributed by atoms with E-state index in [2.05, 4.69) is 4.89 Å². The highest BCUT2D eigenvalue weighted by Crippen LogP contribution is 2.28. The molecule has 0 saturated carbocycles. The van der Waals surface area contributed by atoms with Gasteiger partial charge in [0.2, 0.25) is 6.41 Å². The minimum Gasteiger partial charge on any atom is -0.444 e. The molecule has 1 heterocycles. The molecule has 0 aromatic carbocycles. The van der Waals surface area contributed by atoms with Crippen molar-refractivity contribution < 1.29 is 24.1 Å². The van der Waals surface area contributed by atoms with E-state index in [0.717, 1.165) is 6.41 Å². The van der Waals surface area contributed by atoms with Crippen molar-refractivity contribution in [1.29, 1.82) is 0 Å². The van der Waals surface area contributed by atoms with Gasteiger partial charge in [-0.25, -0.2) is 14.6 Å². The smallest absolute Gasteiger partial charge is 0.410 e. The fourth-order valence-corrected chi connectivity index (χ4v) is 2.13. The number of ether oxygens (including phenoxy) is 1. The number of likely N-dealkylation sites (tertiary alicyclic amines) is 1. The van der Waals surface area contributed by atoms with Gasteiger partial charge in [-0.05, 0) is 27.2 Å². The van der Waals surface area contributed by atoms with Crippen LogP contribution in [-0.4, -0.2) is 67.3 Å². The van der Waals surface area contributed by atoms with Crippen LogP contribution in [0.5, 0.6) is 0 Å². The predicted octanol–water partition coefficient (Wildman–Crippen LogP) is 1.03. The maximum atomic E-state index is 12.1. The Morgan fingerprint density at radius 1 is 1.45 bits per heavy atom. The van der Waals surface area contributed by atoms with E-state index in [1.807, 2.05) is 20.8 Å². The zero-order valence-corrected chi connectivity index (χ0v) is 12.8. The number of nitrogens with zero attached hydrogens (tertiary/aromatic N) is 2. The summed E-state index contributed by atoms with van der Waals surface area (Å²) in [6.45, 7) is 6.54. The molecule has 0 radical (unpaired) electrons. The average molecular weight is 288 g/mol. The zero-order valence-electron chi connectivity index (χ0n) is 12.8. The van der Waals surface area contributed by atoms with Crippen molar-refractivity contribution in [2.75, 3.05) is 33.9 Å². The molecular weight excluding hydrogens is 264 g/mol. The lowest BCUT2D eigenvalue weighted by atomic mass is 9.98. The Bertz CT molecular complexity index is 355. The van der Waals surface area contributed by atoms with Gasteiger partial charge in [0.15, 0.2) is 0 Å². The first-order valence-electron chi connectivity index (χ1n) is 6.56. The van der Waals surface area contributed by atoms with Crippen LogP contribution < -0.4 is 0 Å². The van der Waals surface area contributed by atoms with Gasteiger partial charge in [-0.3, -0.25) is 4.79 Å². The second-order valence-electron chi connectivity index (χ2n) is 6.02. The fraction of sp³-hybridized carbons (Fsp3) is 0.846. The van der Waals surface area contributed by atoms with Gasteiger partial charge in [-0.2, -0.15) is 0 Å². The van der Waals surface area contributed by atoms with E-state index in [1.165, 1.54) is 12.0 Å². The van der Waals surface area contributed by atoms with E-state index in [4.69, 9.17) is 9.62 Å². The predicted molar refractivity (Wildman–Crippen MR) is 71.9 cm³/mol. The number of carbonyl (C=O) groups is 2. The largest absolute Gasteiger partial charge is 0.444 e. The summed E-state index contributed by atoms with van der Waals surface area (Å²) in [7, 11) is 3.08. The summed E-state index contributed by atoms with van der Waals surface area (Å²) in [5.74, 6) is 0. The maximum absolute atomic E-state index is 12.1. The lowest BCUT2D eigenvalue weighted by Gasteiger charge is -2.35. The van der Waals surface area contributed by atoms with Crippen LogP contribution in [-0.2, 0) is 19.3 Å². The van der Waals surface area contributed by atoms with Crippen LogP contribution in [0.4, 0.5) is 4.79 Å². The molecular formula is C13H24N2O5. The second kappa shape index (κ2) is 6.41. The normalized spacial score (nSPS) is 22.8. The van der Waals surface area contributed by atoms with Crippen LogP contribution in [0.2, 0.25) is 0 Å². The van der Waals surface area contributed by atoms with E-state index in [-0.39, 0.29) is 12.7 Å². The van der Waals surface area contributed by atoms with Crippen LogP contribution in [0.25, 0.3) is 0 Å². The maximum Gasteiger partial charge on any atom is 0.410 e. The van der Waals surface area contributed by atoms with Gasteiger partial charge in [0.1, 0.15) is 12.2 Å². The fourth-order valence-electron chi connectivity index (χ4n) is 2.13. The molecule has 1 fully saturated rings. The highest BCUT2D eigenvalue weighted by molar-refractivity contribution is 5.69. The summed E-state index contributed by atoms with van der Waals surface area (Å²) in [5, 5.41) is 0. The molecule has 116 valence electrons. The number of rotatable bonds is 5. The Hall–Kier alpha value is -1.34. The van der Waals surface area contributed by atoms with Gasteiger partial charge in [0, 0.05) is 20.1 Å². The van der Waals surface area contributed by atoms with Gasteiger partial charge >= 0.3 is 6.09 Å². The standard InChI is InChI=1S/C13H24N2O5/c1-12(2,3)20-11(17)15-7-6-13(8-15,9-19-18-5)14(4)10-16/h10H,6-9H2,1-5H3. The molecule has 1 saturated heterocycles. The monoisotopic (exact) mass is 288 g/mol. The Morgan fingerprint density at radius 3 is 2.60 bits per heavy atom.